The number of anilines is 1. The Bertz CT molecular complexity index is 536. The average Bonchev–Trinajstić information content (AvgIpc) is 2.46. The van der Waals surface area contributed by atoms with E-state index in [0.717, 1.165) is 18.1 Å². The number of nitrogen functional groups attached to an aromatic ring is 1. The summed E-state index contributed by atoms with van der Waals surface area (Å²) in [5.41, 5.74) is 7.05. The Morgan fingerprint density at radius 1 is 1.26 bits per heavy atom. The van der Waals surface area contributed by atoms with Crippen molar-refractivity contribution in [2.45, 2.75) is 13.5 Å². The second kappa shape index (κ2) is 5.95. The minimum absolute atomic E-state index is 0.0341. The Balaban J connectivity index is 2.15. The van der Waals surface area contributed by atoms with E-state index in [1.807, 2.05) is 30.3 Å². The molecule has 0 atom stereocenters. The van der Waals surface area contributed by atoms with Crippen molar-refractivity contribution < 1.29 is 0 Å². The maximum atomic E-state index is 7.35. The summed E-state index contributed by atoms with van der Waals surface area (Å²) in [5.74, 6) is 0.893. The summed E-state index contributed by atoms with van der Waals surface area (Å²) < 4.78 is 0. The van der Waals surface area contributed by atoms with Gasteiger partial charge in [-0.1, -0.05) is 6.07 Å². The summed E-state index contributed by atoms with van der Waals surface area (Å²) in [7, 11) is 0. The normalized spacial score (nSPS) is 10.2. The van der Waals surface area contributed by atoms with Crippen molar-refractivity contribution in [3.05, 3.63) is 54.0 Å². The SMILES string of the molecule is CCN(Cc1ccccn1)c1ccc(C(=N)N)cn1. The number of nitrogens with zero attached hydrogens (tertiary/aromatic N) is 3. The standard InChI is InChI=1S/C14H17N5/c1-2-19(10-12-5-3-4-8-17-12)13-7-6-11(9-18-13)14(15)16/h3-9H,2,10H2,1H3,(H3,15,16). The van der Waals surface area contributed by atoms with Crippen LogP contribution in [0.5, 0.6) is 0 Å². The Morgan fingerprint density at radius 2 is 2.11 bits per heavy atom. The number of aromatic nitrogens is 2. The maximum Gasteiger partial charge on any atom is 0.128 e. The number of hydrogen-bond donors (Lipinski definition) is 2. The fourth-order valence-electron chi connectivity index (χ4n) is 1.77. The molecule has 0 aromatic carbocycles. The smallest absolute Gasteiger partial charge is 0.128 e. The molecule has 0 radical (unpaired) electrons. The van der Waals surface area contributed by atoms with E-state index in [4.69, 9.17) is 11.1 Å². The zero-order chi connectivity index (χ0) is 13.7. The van der Waals surface area contributed by atoms with Crippen molar-refractivity contribution in [2.75, 3.05) is 11.4 Å². The summed E-state index contributed by atoms with van der Waals surface area (Å²) in [6, 6.07) is 9.56. The van der Waals surface area contributed by atoms with Gasteiger partial charge in [-0.05, 0) is 31.2 Å². The van der Waals surface area contributed by atoms with Gasteiger partial charge in [0.2, 0.25) is 0 Å². The monoisotopic (exact) mass is 255 g/mol. The molecular formula is C14H17N5. The number of hydrogen-bond acceptors (Lipinski definition) is 4. The number of nitrogens with one attached hydrogen (secondary N) is 1. The number of rotatable bonds is 5. The zero-order valence-corrected chi connectivity index (χ0v) is 10.9. The summed E-state index contributed by atoms with van der Waals surface area (Å²) in [6.07, 6.45) is 3.41. The molecule has 0 aliphatic heterocycles. The third-order valence-corrected chi connectivity index (χ3v) is 2.84. The molecule has 0 amide bonds. The molecule has 0 bridgehead atoms. The van der Waals surface area contributed by atoms with Crippen LogP contribution < -0.4 is 10.6 Å². The number of amidine groups is 1. The molecule has 2 rings (SSSR count). The molecule has 0 saturated heterocycles. The lowest BCUT2D eigenvalue weighted by molar-refractivity contribution is 0.794. The van der Waals surface area contributed by atoms with Gasteiger partial charge in [0.1, 0.15) is 11.7 Å². The summed E-state index contributed by atoms with van der Waals surface area (Å²) >= 11 is 0. The maximum absolute atomic E-state index is 7.35. The fourth-order valence-corrected chi connectivity index (χ4v) is 1.77. The van der Waals surface area contributed by atoms with Crippen LogP contribution in [0, 0.1) is 5.41 Å². The van der Waals surface area contributed by atoms with Crippen LogP contribution in [-0.4, -0.2) is 22.3 Å². The van der Waals surface area contributed by atoms with Crippen LogP contribution in [0.2, 0.25) is 0 Å². The number of pyridine rings is 2. The molecule has 0 aliphatic carbocycles. The third-order valence-electron chi connectivity index (χ3n) is 2.84. The van der Waals surface area contributed by atoms with E-state index in [0.29, 0.717) is 12.1 Å². The van der Waals surface area contributed by atoms with Crippen LogP contribution in [0.15, 0.2) is 42.7 Å². The van der Waals surface area contributed by atoms with Gasteiger partial charge in [-0.25, -0.2) is 4.98 Å². The second-order valence-electron chi connectivity index (χ2n) is 4.15. The Hall–Kier alpha value is -2.43. The quantitative estimate of drug-likeness (QED) is 0.630. The average molecular weight is 255 g/mol. The summed E-state index contributed by atoms with van der Waals surface area (Å²) in [4.78, 5) is 10.8. The fraction of sp³-hybridized carbons (Fsp3) is 0.214. The van der Waals surface area contributed by atoms with E-state index < -0.39 is 0 Å². The van der Waals surface area contributed by atoms with E-state index in [1.165, 1.54) is 0 Å². The lowest BCUT2D eigenvalue weighted by Gasteiger charge is -2.21. The van der Waals surface area contributed by atoms with Crippen molar-refractivity contribution in [1.82, 2.24) is 9.97 Å². The molecule has 0 spiro atoms. The van der Waals surface area contributed by atoms with E-state index in [2.05, 4.69) is 21.8 Å². The van der Waals surface area contributed by atoms with Gasteiger partial charge in [0.25, 0.3) is 0 Å². The van der Waals surface area contributed by atoms with Crippen molar-refractivity contribution in [3.8, 4) is 0 Å². The van der Waals surface area contributed by atoms with Gasteiger partial charge in [-0.2, -0.15) is 0 Å². The van der Waals surface area contributed by atoms with Crippen molar-refractivity contribution in [2.24, 2.45) is 5.73 Å². The van der Waals surface area contributed by atoms with E-state index in [-0.39, 0.29) is 5.84 Å². The molecular weight excluding hydrogens is 238 g/mol. The highest BCUT2D eigenvalue weighted by Crippen LogP contribution is 2.13. The first kappa shape index (κ1) is 13.0. The van der Waals surface area contributed by atoms with Crippen LogP contribution in [0.3, 0.4) is 0 Å². The Labute approximate surface area is 112 Å². The van der Waals surface area contributed by atoms with Gasteiger partial charge >= 0.3 is 0 Å². The number of nitrogens with two attached hydrogens (primary N) is 1. The molecule has 0 aliphatic rings. The van der Waals surface area contributed by atoms with Crippen LogP contribution in [0.25, 0.3) is 0 Å². The van der Waals surface area contributed by atoms with Crippen LogP contribution in [0.1, 0.15) is 18.2 Å². The van der Waals surface area contributed by atoms with Gasteiger partial charge < -0.3 is 10.6 Å². The largest absolute Gasteiger partial charge is 0.384 e. The molecule has 0 unspecified atom stereocenters. The minimum Gasteiger partial charge on any atom is -0.384 e. The molecule has 0 saturated carbocycles. The Morgan fingerprint density at radius 3 is 2.63 bits per heavy atom. The summed E-state index contributed by atoms with van der Waals surface area (Å²) in [6.45, 7) is 3.62. The van der Waals surface area contributed by atoms with Gasteiger partial charge in [0, 0.05) is 24.5 Å². The predicted octanol–water partition coefficient (Wildman–Crippen LogP) is 1.79. The highest BCUT2D eigenvalue weighted by Gasteiger charge is 2.07. The first-order chi connectivity index (χ1) is 9.20. The van der Waals surface area contributed by atoms with Crippen LogP contribution in [0.4, 0.5) is 5.82 Å². The molecule has 3 N–H and O–H groups in total. The van der Waals surface area contributed by atoms with E-state index in [9.17, 15) is 0 Å². The summed E-state index contributed by atoms with van der Waals surface area (Å²) in [5, 5.41) is 7.35. The first-order valence-electron chi connectivity index (χ1n) is 6.16. The van der Waals surface area contributed by atoms with Crippen molar-refractivity contribution in [3.63, 3.8) is 0 Å². The van der Waals surface area contributed by atoms with Crippen LogP contribution in [-0.2, 0) is 6.54 Å². The van der Waals surface area contributed by atoms with Crippen molar-refractivity contribution in [1.29, 1.82) is 5.41 Å². The topological polar surface area (TPSA) is 78.9 Å². The highest BCUT2D eigenvalue weighted by atomic mass is 15.2. The molecule has 2 aromatic rings. The minimum atomic E-state index is 0.0341. The van der Waals surface area contributed by atoms with Crippen LogP contribution >= 0.6 is 0 Å². The van der Waals surface area contributed by atoms with E-state index in [1.54, 1.807) is 12.4 Å². The zero-order valence-electron chi connectivity index (χ0n) is 10.9. The highest BCUT2D eigenvalue weighted by molar-refractivity contribution is 5.94. The lowest BCUT2D eigenvalue weighted by Crippen LogP contribution is -2.24. The van der Waals surface area contributed by atoms with Gasteiger partial charge in [-0.15, -0.1) is 0 Å². The lowest BCUT2D eigenvalue weighted by atomic mass is 10.2. The molecule has 19 heavy (non-hydrogen) atoms. The van der Waals surface area contributed by atoms with Gasteiger partial charge in [-0.3, -0.25) is 10.4 Å². The molecule has 5 heteroatoms. The molecule has 0 fully saturated rings. The molecule has 2 aromatic heterocycles. The van der Waals surface area contributed by atoms with Gasteiger partial charge in [0.15, 0.2) is 0 Å². The second-order valence-corrected chi connectivity index (χ2v) is 4.15. The molecule has 2 heterocycles. The third kappa shape index (κ3) is 3.28. The molecule has 5 nitrogen and oxygen atoms in total. The van der Waals surface area contributed by atoms with Gasteiger partial charge in [0.05, 0.1) is 12.2 Å². The first-order valence-corrected chi connectivity index (χ1v) is 6.16. The Kier molecular flexibility index (Phi) is 4.07. The van der Waals surface area contributed by atoms with Crippen molar-refractivity contribution >= 4 is 11.7 Å². The predicted molar refractivity (Wildman–Crippen MR) is 76.2 cm³/mol. The van der Waals surface area contributed by atoms with E-state index >= 15 is 0 Å². The molecule has 98 valence electrons.